The van der Waals surface area contributed by atoms with E-state index < -0.39 is 0 Å². The first-order valence-electron chi connectivity index (χ1n) is 7.51. The van der Waals surface area contributed by atoms with Crippen molar-refractivity contribution < 1.29 is 14.3 Å². The molecular weight excluding hydrogens is 292 g/mol. The van der Waals surface area contributed by atoms with Crippen LogP contribution in [0.4, 0.5) is 11.4 Å². The van der Waals surface area contributed by atoms with Gasteiger partial charge in [0.25, 0.3) is 5.91 Å². The Morgan fingerprint density at radius 2 is 1.48 bits per heavy atom. The van der Waals surface area contributed by atoms with Gasteiger partial charge in [-0.1, -0.05) is 0 Å². The Balaban J connectivity index is 1.81. The van der Waals surface area contributed by atoms with Crippen molar-refractivity contribution >= 4 is 17.3 Å². The number of rotatable bonds is 3. The Kier molecular flexibility index (Phi) is 4.10. The molecule has 0 radical (unpaired) electrons. The third-order valence-corrected chi connectivity index (χ3v) is 3.85. The standard InChI is InChI=1S/C18H20N2O3/c1-19(2)14-6-4-13(5-7-14)18(21)20(3)15-8-9-16-17(12-15)23-11-10-22-16/h4-9,12H,10-11H2,1-3H3. The van der Waals surface area contributed by atoms with Crippen molar-refractivity contribution in [2.45, 2.75) is 0 Å². The van der Waals surface area contributed by atoms with Crippen LogP contribution in [0.25, 0.3) is 0 Å². The van der Waals surface area contributed by atoms with Gasteiger partial charge in [-0.15, -0.1) is 0 Å². The van der Waals surface area contributed by atoms with Crippen molar-refractivity contribution in [3.63, 3.8) is 0 Å². The van der Waals surface area contributed by atoms with Crippen LogP contribution in [0.3, 0.4) is 0 Å². The largest absolute Gasteiger partial charge is 0.486 e. The van der Waals surface area contributed by atoms with E-state index in [4.69, 9.17) is 9.47 Å². The van der Waals surface area contributed by atoms with Crippen LogP contribution >= 0.6 is 0 Å². The molecule has 0 spiro atoms. The number of fused-ring (bicyclic) bond motifs is 1. The number of amides is 1. The van der Waals surface area contributed by atoms with Gasteiger partial charge in [-0.2, -0.15) is 0 Å². The third kappa shape index (κ3) is 3.08. The van der Waals surface area contributed by atoms with Gasteiger partial charge in [-0.3, -0.25) is 4.79 Å². The number of carbonyl (C=O) groups is 1. The third-order valence-electron chi connectivity index (χ3n) is 3.85. The number of ether oxygens (including phenoxy) is 2. The molecule has 5 heteroatoms. The minimum atomic E-state index is -0.0630. The molecule has 0 saturated carbocycles. The molecule has 0 bridgehead atoms. The lowest BCUT2D eigenvalue weighted by molar-refractivity contribution is 0.0993. The van der Waals surface area contributed by atoms with Crippen molar-refractivity contribution in [1.82, 2.24) is 0 Å². The molecule has 5 nitrogen and oxygen atoms in total. The van der Waals surface area contributed by atoms with Crippen LogP contribution in [0.15, 0.2) is 42.5 Å². The molecule has 0 atom stereocenters. The summed E-state index contributed by atoms with van der Waals surface area (Å²) in [6.45, 7) is 1.08. The highest BCUT2D eigenvalue weighted by Crippen LogP contribution is 2.34. The second-order valence-corrected chi connectivity index (χ2v) is 5.63. The van der Waals surface area contributed by atoms with Crippen molar-refractivity contribution in [3.8, 4) is 11.5 Å². The summed E-state index contributed by atoms with van der Waals surface area (Å²) < 4.78 is 11.1. The van der Waals surface area contributed by atoms with Crippen LogP contribution in [0, 0.1) is 0 Å². The Morgan fingerprint density at radius 3 is 2.13 bits per heavy atom. The number of hydrogen-bond donors (Lipinski definition) is 0. The van der Waals surface area contributed by atoms with Crippen molar-refractivity contribution in [3.05, 3.63) is 48.0 Å². The monoisotopic (exact) mass is 312 g/mol. The SMILES string of the molecule is CN(C)c1ccc(C(=O)N(C)c2ccc3c(c2)OCCO3)cc1. The lowest BCUT2D eigenvalue weighted by Gasteiger charge is -2.22. The van der Waals surface area contributed by atoms with Gasteiger partial charge in [0.1, 0.15) is 13.2 Å². The summed E-state index contributed by atoms with van der Waals surface area (Å²) >= 11 is 0. The van der Waals surface area contributed by atoms with Gasteiger partial charge in [-0.05, 0) is 36.4 Å². The number of hydrogen-bond acceptors (Lipinski definition) is 4. The highest BCUT2D eigenvalue weighted by atomic mass is 16.6. The first-order chi connectivity index (χ1) is 11.1. The molecule has 0 N–H and O–H groups in total. The van der Waals surface area contributed by atoms with E-state index >= 15 is 0 Å². The zero-order valence-electron chi connectivity index (χ0n) is 13.6. The smallest absolute Gasteiger partial charge is 0.258 e. The van der Waals surface area contributed by atoms with E-state index in [-0.39, 0.29) is 5.91 Å². The average molecular weight is 312 g/mol. The summed E-state index contributed by atoms with van der Waals surface area (Å²) in [4.78, 5) is 16.2. The van der Waals surface area contributed by atoms with Crippen molar-refractivity contribution in [2.24, 2.45) is 0 Å². The fourth-order valence-corrected chi connectivity index (χ4v) is 2.45. The molecular formula is C18H20N2O3. The number of nitrogens with zero attached hydrogens (tertiary/aromatic N) is 2. The molecule has 0 unspecified atom stereocenters. The van der Waals surface area contributed by atoms with E-state index in [9.17, 15) is 4.79 Å². The molecule has 23 heavy (non-hydrogen) atoms. The maximum atomic E-state index is 12.6. The first-order valence-corrected chi connectivity index (χ1v) is 7.51. The highest BCUT2D eigenvalue weighted by Gasteiger charge is 2.17. The Labute approximate surface area is 136 Å². The minimum Gasteiger partial charge on any atom is -0.486 e. The van der Waals surface area contributed by atoms with E-state index in [2.05, 4.69) is 0 Å². The maximum Gasteiger partial charge on any atom is 0.258 e. The number of benzene rings is 2. The normalized spacial score (nSPS) is 12.7. The lowest BCUT2D eigenvalue weighted by atomic mass is 10.1. The molecule has 120 valence electrons. The molecule has 1 heterocycles. The zero-order valence-corrected chi connectivity index (χ0v) is 13.6. The summed E-state index contributed by atoms with van der Waals surface area (Å²) in [6.07, 6.45) is 0. The molecule has 0 aliphatic carbocycles. The minimum absolute atomic E-state index is 0.0630. The van der Waals surface area contributed by atoms with Gasteiger partial charge in [0.2, 0.25) is 0 Å². The Morgan fingerprint density at radius 1 is 0.870 bits per heavy atom. The summed E-state index contributed by atoms with van der Waals surface area (Å²) in [5.41, 5.74) is 2.48. The van der Waals surface area contributed by atoms with Crippen LogP contribution in [0.2, 0.25) is 0 Å². The van der Waals surface area contributed by atoms with Gasteiger partial charge in [0.15, 0.2) is 11.5 Å². The summed E-state index contributed by atoms with van der Waals surface area (Å²) in [5.74, 6) is 1.33. The molecule has 1 aliphatic heterocycles. The fraction of sp³-hybridized carbons (Fsp3) is 0.278. The first kappa shape index (κ1) is 15.2. The predicted octanol–water partition coefficient (Wildman–Crippen LogP) is 2.80. The van der Waals surface area contributed by atoms with Crippen LogP contribution in [0.1, 0.15) is 10.4 Å². The predicted molar refractivity (Wildman–Crippen MR) is 90.9 cm³/mol. The van der Waals surface area contributed by atoms with Crippen molar-refractivity contribution in [1.29, 1.82) is 0 Å². The number of anilines is 2. The summed E-state index contributed by atoms with van der Waals surface area (Å²) in [7, 11) is 5.70. The fourth-order valence-electron chi connectivity index (χ4n) is 2.45. The maximum absolute atomic E-state index is 12.6. The van der Waals surface area contributed by atoms with E-state index in [1.54, 1.807) is 11.9 Å². The highest BCUT2D eigenvalue weighted by molar-refractivity contribution is 6.06. The van der Waals surface area contributed by atoms with E-state index in [0.29, 0.717) is 24.5 Å². The summed E-state index contributed by atoms with van der Waals surface area (Å²) in [5, 5.41) is 0. The van der Waals surface area contributed by atoms with Crippen LogP contribution in [-0.2, 0) is 0 Å². The van der Waals surface area contributed by atoms with E-state index in [0.717, 1.165) is 17.1 Å². The van der Waals surface area contributed by atoms with Gasteiger partial charge >= 0.3 is 0 Å². The molecule has 0 saturated heterocycles. The van der Waals surface area contributed by atoms with Crippen molar-refractivity contribution in [2.75, 3.05) is 44.2 Å². The van der Waals surface area contributed by atoms with Gasteiger partial charge in [-0.25, -0.2) is 0 Å². The average Bonchev–Trinajstić information content (AvgIpc) is 2.60. The zero-order chi connectivity index (χ0) is 16.4. The molecule has 2 aromatic carbocycles. The van der Waals surface area contributed by atoms with E-state index in [1.807, 2.05) is 61.5 Å². The molecule has 0 fully saturated rings. The molecule has 0 aromatic heterocycles. The van der Waals surface area contributed by atoms with Gasteiger partial charge < -0.3 is 19.3 Å². The van der Waals surface area contributed by atoms with Gasteiger partial charge in [0.05, 0.1) is 0 Å². The quantitative estimate of drug-likeness (QED) is 0.874. The molecule has 3 rings (SSSR count). The topological polar surface area (TPSA) is 42.0 Å². The second kappa shape index (κ2) is 6.20. The van der Waals surface area contributed by atoms with Gasteiger partial charge in [0, 0.05) is 44.1 Å². The van der Waals surface area contributed by atoms with Crippen LogP contribution < -0.4 is 19.3 Å². The number of carbonyl (C=O) groups excluding carboxylic acids is 1. The summed E-state index contributed by atoms with van der Waals surface area (Å²) in [6, 6.07) is 13.1. The molecule has 1 aliphatic rings. The Hall–Kier alpha value is -2.69. The Bertz CT molecular complexity index is 711. The molecule has 2 aromatic rings. The molecule has 1 amide bonds. The van der Waals surface area contributed by atoms with E-state index in [1.165, 1.54) is 0 Å². The lowest BCUT2D eigenvalue weighted by Crippen LogP contribution is -2.26. The second-order valence-electron chi connectivity index (χ2n) is 5.63. The van der Waals surface area contributed by atoms with Crippen LogP contribution in [0.5, 0.6) is 11.5 Å². The van der Waals surface area contributed by atoms with Crippen LogP contribution in [-0.4, -0.2) is 40.3 Å².